The van der Waals surface area contributed by atoms with Gasteiger partial charge in [0.1, 0.15) is 12.4 Å². The Kier molecular flexibility index (Phi) is 4.73. The zero-order valence-corrected chi connectivity index (χ0v) is 15.5. The summed E-state index contributed by atoms with van der Waals surface area (Å²) < 4.78 is 29.7. The molecular formula is C20H24N2O3S. The van der Waals surface area contributed by atoms with Crippen LogP contribution >= 0.6 is 0 Å². The van der Waals surface area contributed by atoms with Crippen molar-refractivity contribution in [2.45, 2.75) is 31.7 Å². The van der Waals surface area contributed by atoms with Gasteiger partial charge in [-0.2, -0.15) is 0 Å². The average molecular weight is 372 g/mol. The Balaban J connectivity index is 1.51. The summed E-state index contributed by atoms with van der Waals surface area (Å²) >= 11 is 0. The van der Waals surface area contributed by atoms with Gasteiger partial charge in [0.15, 0.2) is 9.84 Å². The first-order chi connectivity index (χ1) is 12.6. The molecule has 2 aromatic carbocycles. The quantitative estimate of drug-likeness (QED) is 0.872. The molecule has 26 heavy (non-hydrogen) atoms. The lowest BCUT2D eigenvalue weighted by molar-refractivity contribution is 0.164. The lowest BCUT2D eigenvalue weighted by atomic mass is 10.0. The summed E-state index contributed by atoms with van der Waals surface area (Å²) in [5, 5.41) is 0. The molecule has 138 valence electrons. The van der Waals surface area contributed by atoms with Gasteiger partial charge in [0.25, 0.3) is 0 Å². The van der Waals surface area contributed by atoms with E-state index in [9.17, 15) is 8.42 Å². The van der Waals surface area contributed by atoms with Gasteiger partial charge in [-0.05, 0) is 35.2 Å². The summed E-state index contributed by atoms with van der Waals surface area (Å²) in [7, 11) is -2.91. The summed E-state index contributed by atoms with van der Waals surface area (Å²) in [6.07, 6.45) is 0.699. The predicted octanol–water partition coefficient (Wildman–Crippen LogP) is 2.27. The van der Waals surface area contributed by atoms with Gasteiger partial charge in [0.05, 0.1) is 11.5 Å². The van der Waals surface area contributed by atoms with Gasteiger partial charge in [-0.1, -0.05) is 36.4 Å². The molecule has 2 atom stereocenters. The van der Waals surface area contributed by atoms with Crippen molar-refractivity contribution in [3.8, 4) is 5.75 Å². The highest BCUT2D eigenvalue weighted by Crippen LogP contribution is 2.38. The molecule has 4 rings (SSSR count). The highest BCUT2D eigenvalue weighted by Gasteiger charge is 2.39. The number of hydrogen-bond donors (Lipinski definition) is 1. The Morgan fingerprint density at radius 1 is 1.15 bits per heavy atom. The predicted molar refractivity (Wildman–Crippen MR) is 102 cm³/mol. The van der Waals surface area contributed by atoms with Crippen LogP contribution in [-0.4, -0.2) is 37.4 Å². The van der Waals surface area contributed by atoms with E-state index in [2.05, 4.69) is 17.0 Å². The molecule has 0 bridgehead atoms. The number of rotatable bonds is 5. The monoisotopic (exact) mass is 372 g/mol. The van der Waals surface area contributed by atoms with Crippen molar-refractivity contribution in [1.29, 1.82) is 0 Å². The van der Waals surface area contributed by atoms with Crippen molar-refractivity contribution < 1.29 is 13.2 Å². The van der Waals surface area contributed by atoms with Gasteiger partial charge in [0, 0.05) is 25.2 Å². The number of ether oxygens (including phenoxy) is 1. The first kappa shape index (κ1) is 17.5. The van der Waals surface area contributed by atoms with Gasteiger partial charge in [0.2, 0.25) is 0 Å². The number of hydrogen-bond acceptors (Lipinski definition) is 5. The second-order valence-corrected chi connectivity index (χ2v) is 9.34. The molecule has 0 spiro atoms. The second kappa shape index (κ2) is 7.02. The maximum Gasteiger partial charge on any atom is 0.151 e. The number of sulfone groups is 1. The molecule has 0 amide bonds. The van der Waals surface area contributed by atoms with E-state index in [1.54, 1.807) is 0 Å². The summed E-state index contributed by atoms with van der Waals surface area (Å²) in [6, 6.07) is 16.3. The second-order valence-electron chi connectivity index (χ2n) is 7.12. The average Bonchev–Trinajstić information content (AvgIpc) is 3.19. The molecular weight excluding hydrogens is 348 g/mol. The van der Waals surface area contributed by atoms with Crippen LogP contribution in [0.1, 0.15) is 29.2 Å². The number of nitrogens with two attached hydrogens (primary N) is 1. The zero-order chi connectivity index (χ0) is 18.1. The van der Waals surface area contributed by atoms with Crippen LogP contribution in [0.4, 0.5) is 0 Å². The van der Waals surface area contributed by atoms with Crippen LogP contribution in [0.3, 0.4) is 0 Å². The van der Waals surface area contributed by atoms with Gasteiger partial charge >= 0.3 is 0 Å². The fourth-order valence-electron chi connectivity index (χ4n) is 4.03. The normalized spacial score (nSPS) is 24.5. The number of benzene rings is 2. The van der Waals surface area contributed by atoms with E-state index >= 15 is 0 Å². The first-order valence-electron chi connectivity index (χ1n) is 9.01. The summed E-state index contributed by atoms with van der Waals surface area (Å²) in [4.78, 5) is 2.26. The molecule has 1 fully saturated rings. The maximum absolute atomic E-state index is 11.9. The molecule has 2 aliphatic heterocycles. The zero-order valence-electron chi connectivity index (χ0n) is 14.7. The van der Waals surface area contributed by atoms with Crippen LogP contribution in [0, 0.1) is 0 Å². The lowest BCUT2D eigenvalue weighted by Crippen LogP contribution is -2.37. The van der Waals surface area contributed by atoms with E-state index in [1.165, 1.54) is 11.1 Å². The largest absolute Gasteiger partial charge is 0.489 e. The van der Waals surface area contributed by atoms with Crippen LogP contribution in [0.2, 0.25) is 0 Å². The Hall–Kier alpha value is -1.89. The van der Waals surface area contributed by atoms with Crippen molar-refractivity contribution in [2.24, 2.45) is 5.73 Å². The molecule has 2 heterocycles. The standard InChI is InChI=1S/C20H24N2O3S/c21-11-20-19-10-18(25-13-15-4-2-1-3-5-15)7-6-16(19)12-22(20)17-8-9-26(23,24)14-17/h1-7,10,17,20H,8-9,11-14,21H2. The van der Waals surface area contributed by atoms with E-state index in [4.69, 9.17) is 10.5 Å². The van der Waals surface area contributed by atoms with E-state index in [-0.39, 0.29) is 23.6 Å². The van der Waals surface area contributed by atoms with Crippen molar-refractivity contribution in [3.63, 3.8) is 0 Å². The third-order valence-electron chi connectivity index (χ3n) is 5.38. The third kappa shape index (κ3) is 3.49. The minimum Gasteiger partial charge on any atom is -0.489 e. The highest BCUT2D eigenvalue weighted by atomic mass is 32.2. The van der Waals surface area contributed by atoms with Crippen molar-refractivity contribution in [2.75, 3.05) is 18.1 Å². The number of fused-ring (bicyclic) bond motifs is 1. The van der Waals surface area contributed by atoms with Crippen LogP contribution in [0.15, 0.2) is 48.5 Å². The number of nitrogens with zero attached hydrogens (tertiary/aromatic N) is 1. The van der Waals surface area contributed by atoms with Gasteiger partial charge in [-0.25, -0.2) is 8.42 Å². The maximum atomic E-state index is 11.9. The molecule has 2 N–H and O–H groups in total. The molecule has 6 heteroatoms. The Bertz CT molecular complexity index is 883. The SMILES string of the molecule is NCC1c2cc(OCc3ccccc3)ccc2CN1C1CCS(=O)(=O)C1. The fraction of sp³-hybridized carbons (Fsp3) is 0.400. The van der Waals surface area contributed by atoms with Gasteiger partial charge in [-0.3, -0.25) is 4.90 Å². The molecule has 0 aliphatic carbocycles. The first-order valence-corrected chi connectivity index (χ1v) is 10.8. The summed E-state index contributed by atoms with van der Waals surface area (Å²) in [5.74, 6) is 1.36. The van der Waals surface area contributed by atoms with Crippen LogP contribution in [0.25, 0.3) is 0 Å². The summed E-state index contributed by atoms with van der Waals surface area (Å²) in [6.45, 7) is 1.76. The van der Waals surface area contributed by atoms with Crippen molar-refractivity contribution in [1.82, 2.24) is 4.90 Å². The van der Waals surface area contributed by atoms with E-state index in [0.29, 0.717) is 19.6 Å². The molecule has 0 radical (unpaired) electrons. The molecule has 1 saturated heterocycles. The fourth-order valence-corrected chi connectivity index (χ4v) is 5.77. The van der Waals surface area contributed by atoms with Crippen molar-refractivity contribution in [3.05, 3.63) is 65.2 Å². The van der Waals surface area contributed by atoms with E-state index < -0.39 is 9.84 Å². The minimum absolute atomic E-state index is 0.0589. The van der Waals surface area contributed by atoms with Gasteiger partial charge in [-0.15, -0.1) is 0 Å². The van der Waals surface area contributed by atoms with Crippen LogP contribution < -0.4 is 10.5 Å². The highest BCUT2D eigenvalue weighted by molar-refractivity contribution is 7.91. The lowest BCUT2D eigenvalue weighted by Gasteiger charge is -2.29. The molecule has 2 aliphatic rings. The topological polar surface area (TPSA) is 72.6 Å². The minimum atomic E-state index is -2.91. The third-order valence-corrected chi connectivity index (χ3v) is 7.13. The van der Waals surface area contributed by atoms with Crippen LogP contribution in [0.5, 0.6) is 5.75 Å². The Labute approximate surface area is 154 Å². The Morgan fingerprint density at radius 3 is 2.65 bits per heavy atom. The van der Waals surface area contributed by atoms with Gasteiger partial charge < -0.3 is 10.5 Å². The molecule has 2 aromatic rings. The molecule has 5 nitrogen and oxygen atoms in total. The van der Waals surface area contributed by atoms with E-state index in [0.717, 1.165) is 17.9 Å². The Morgan fingerprint density at radius 2 is 1.96 bits per heavy atom. The van der Waals surface area contributed by atoms with Crippen LogP contribution in [-0.2, 0) is 23.0 Å². The summed E-state index contributed by atoms with van der Waals surface area (Å²) in [5.41, 5.74) is 9.57. The molecule has 2 unspecified atom stereocenters. The van der Waals surface area contributed by atoms with E-state index in [1.807, 2.05) is 36.4 Å². The molecule has 0 aromatic heterocycles. The smallest absolute Gasteiger partial charge is 0.151 e. The molecule has 0 saturated carbocycles. The van der Waals surface area contributed by atoms with Crippen molar-refractivity contribution >= 4 is 9.84 Å².